The van der Waals surface area contributed by atoms with Crippen LogP contribution in [-0.2, 0) is 6.54 Å². The number of piperidine rings is 1. The van der Waals surface area contributed by atoms with Gasteiger partial charge in [-0.25, -0.2) is 4.98 Å². The second-order valence-electron chi connectivity index (χ2n) is 5.44. The molecule has 0 unspecified atom stereocenters. The lowest BCUT2D eigenvalue weighted by Gasteiger charge is -2.32. The van der Waals surface area contributed by atoms with Crippen molar-refractivity contribution in [3.05, 3.63) is 22.8 Å². The lowest BCUT2D eigenvalue weighted by molar-refractivity contribution is 0.222. The molecule has 0 saturated carbocycles. The number of hydrogen-bond acceptors (Lipinski definition) is 4. The Balaban J connectivity index is 2.01. The molecule has 5 heteroatoms. The Kier molecular flexibility index (Phi) is 5.02. The van der Waals surface area contributed by atoms with Gasteiger partial charge in [0.25, 0.3) is 0 Å². The standard InChI is InChI=1S/C14H23ClN4/c1-18-7-4-11(5-8-18)10-19(2)14-13(15)12(9-16)3-6-17-14/h3,6,11H,4-5,7-10,16H2,1-2H3. The molecule has 1 saturated heterocycles. The number of nitrogens with two attached hydrogens (primary N) is 1. The normalized spacial score (nSPS) is 17.7. The fourth-order valence-electron chi connectivity index (χ4n) is 2.61. The van der Waals surface area contributed by atoms with E-state index in [1.165, 1.54) is 25.9 Å². The van der Waals surface area contributed by atoms with Gasteiger partial charge in [-0.2, -0.15) is 0 Å². The van der Waals surface area contributed by atoms with E-state index in [1.807, 2.05) is 6.07 Å². The van der Waals surface area contributed by atoms with E-state index in [0.29, 0.717) is 11.6 Å². The van der Waals surface area contributed by atoms with Gasteiger partial charge in [-0.05, 0) is 50.5 Å². The van der Waals surface area contributed by atoms with Gasteiger partial charge in [0.15, 0.2) is 0 Å². The average Bonchev–Trinajstić information content (AvgIpc) is 2.41. The first-order valence-electron chi connectivity index (χ1n) is 6.85. The van der Waals surface area contributed by atoms with Crippen LogP contribution in [0.3, 0.4) is 0 Å². The lowest BCUT2D eigenvalue weighted by atomic mass is 9.97. The first-order valence-corrected chi connectivity index (χ1v) is 7.22. The highest BCUT2D eigenvalue weighted by atomic mass is 35.5. The molecule has 0 atom stereocenters. The summed E-state index contributed by atoms with van der Waals surface area (Å²) in [7, 11) is 4.25. The molecular formula is C14H23ClN4. The van der Waals surface area contributed by atoms with Gasteiger partial charge in [0.1, 0.15) is 5.82 Å². The average molecular weight is 283 g/mol. The summed E-state index contributed by atoms with van der Waals surface area (Å²) >= 11 is 6.35. The van der Waals surface area contributed by atoms with Crippen molar-refractivity contribution in [1.82, 2.24) is 9.88 Å². The third kappa shape index (κ3) is 3.59. The summed E-state index contributed by atoms with van der Waals surface area (Å²) in [4.78, 5) is 8.95. The van der Waals surface area contributed by atoms with Crippen LogP contribution in [0.1, 0.15) is 18.4 Å². The predicted octanol–water partition coefficient (Wildman–Crippen LogP) is 1.97. The van der Waals surface area contributed by atoms with Crippen molar-refractivity contribution >= 4 is 17.4 Å². The third-order valence-electron chi connectivity index (χ3n) is 3.90. The summed E-state index contributed by atoms with van der Waals surface area (Å²) in [5.41, 5.74) is 6.64. The summed E-state index contributed by atoms with van der Waals surface area (Å²) in [6.45, 7) is 3.83. The molecule has 106 valence electrons. The van der Waals surface area contributed by atoms with Crippen LogP contribution in [0.4, 0.5) is 5.82 Å². The van der Waals surface area contributed by atoms with Gasteiger partial charge in [0.05, 0.1) is 5.02 Å². The molecule has 1 fully saturated rings. The van der Waals surface area contributed by atoms with Gasteiger partial charge < -0.3 is 15.5 Å². The molecule has 1 aromatic rings. The second-order valence-corrected chi connectivity index (χ2v) is 5.82. The van der Waals surface area contributed by atoms with Gasteiger partial charge in [0, 0.05) is 26.3 Å². The Morgan fingerprint density at radius 3 is 2.79 bits per heavy atom. The first kappa shape index (κ1) is 14.6. The molecule has 0 amide bonds. The molecule has 2 rings (SSSR count). The molecular weight excluding hydrogens is 260 g/mol. The summed E-state index contributed by atoms with van der Waals surface area (Å²) in [5, 5.41) is 0.695. The van der Waals surface area contributed by atoms with Crippen molar-refractivity contribution in [2.45, 2.75) is 19.4 Å². The summed E-state index contributed by atoms with van der Waals surface area (Å²) < 4.78 is 0. The third-order valence-corrected chi connectivity index (χ3v) is 4.31. The molecule has 0 aliphatic carbocycles. The number of rotatable bonds is 4. The van der Waals surface area contributed by atoms with E-state index >= 15 is 0 Å². The van der Waals surface area contributed by atoms with Crippen LogP contribution in [0.15, 0.2) is 12.3 Å². The molecule has 1 aliphatic rings. The van der Waals surface area contributed by atoms with Crippen molar-refractivity contribution < 1.29 is 0 Å². The summed E-state index contributed by atoms with van der Waals surface area (Å²) in [5.74, 6) is 1.57. The molecule has 0 spiro atoms. The second kappa shape index (κ2) is 6.55. The fraction of sp³-hybridized carbons (Fsp3) is 0.643. The van der Waals surface area contributed by atoms with Crippen LogP contribution < -0.4 is 10.6 Å². The fourth-order valence-corrected chi connectivity index (χ4v) is 2.95. The number of nitrogens with zero attached hydrogens (tertiary/aromatic N) is 3. The minimum absolute atomic E-state index is 0.455. The van der Waals surface area contributed by atoms with Crippen molar-refractivity contribution in [2.24, 2.45) is 11.7 Å². The highest BCUT2D eigenvalue weighted by Gasteiger charge is 2.20. The van der Waals surface area contributed by atoms with Gasteiger partial charge in [-0.15, -0.1) is 0 Å². The maximum absolute atomic E-state index is 6.35. The summed E-state index contributed by atoms with van der Waals surface area (Å²) in [6.07, 6.45) is 4.28. The Labute approximate surface area is 120 Å². The van der Waals surface area contributed by atoms with Gasteiger partial charge in [0.2, 0.25) is 0 Å². The topological polar surface area (TPSA) is 45.4 Å². The number of aromatic nitrogens is 1. The molecule has 19 heavy (non-hydrogen) atoms. The Hall–Kier alpha value is -0.840. The predicted molar refractivity (Wildman–Crippen MR) is 80.6 cm³/mol. The van der Waals surface area contributed by atoms with Crippen LogP contribution in [0.5, 0.6) is 0 Å². The molecule has 0 radical (unpaired) electrons. The Bertz CT molecular complexity index is 416. The van der Waals surface area contributed by atoms with E-state index in [4.69, 9.17) is 17.3 Å². The van der Waals surface area contributed by atoms with E-state index in [-0.39, 0.29) is 0 Å². The minimum Gasteiger partial charge on any atom is -0.358 e. The zero-order chi connectivity index (χ0) is 13.8. The monoisotopic (exact) mass is 282 g/mol. The zero-order valence-electron chi connectivity index (χ0n) is 11.8. The van der Waals surface area contributed by atoms with Crippen molar-refractivity contribution in [1.29, 1.82) is 0 Å². The highest BCUT2D eigenvalue weighted by Crippen LogP contribution is 2.27. The van der Waals surface area contributed by atoms with Crippen molar-refractivity contribution in [3.8, 4) is 0 Å². The van der Waals surface area contributed by atoms with Crippen molar-refractivity contribution in [3.63, 3.8) is 0 Å². The molecule has 4 nitrogen and oxygen atoms in total. The van der Waals surface area contributed by atoms with Crippen LogP contribution >= 0.6 is 11.6 Å². The molecule has 2 N–H and O–H groups in total. The first-order chi connectivity index (χ1) is 9.11. The van der Waals surface area contributed by atoms with E-state index < -0.39 is 0 Å². The van der Waals surface area contributed by atoms with Crippen LogP contribution in [0.25, 0.3) is 0 Å². The minimum atomic E-state index is 0.455. The van der Waals surface area contributed by atoms with E-state index in [1.54, 1.807) is 6.20 Å². The molecule has 0 aromatic carbocycles. The molecule has 2 heterocycles. The maximum Gasteiger partial charge on any atom is 0.147 e. The Morgan fingerprint density at radius 2 is 2.16 bits per heavy atom. The quantitative estimate of drug-likeness (QED) is 0.917. The van der Waals surface area contributed by atoms with Gasteiger partial charge in [-0.3, -0.25) is 0 Å². The van der Waals surface area contributed by atoms with Crippen molar-refractivity contribution in [2.75, 3.05) is 38.6 Å². The van der Waals surface area contributed by atoms with Crippen LogP contribution in [-0.4, -0.2) is 43.6 Å². The van der Waals surface area contributed by atoms with Gasteiger partial charge >= 0.3 is 0 Å². The van der Waals surface area contributed by atoms with Crippen LogP contribution in [0, 0.1) is 5.92 Å². The zero-order valence-corrected chi connectivity index (χ0v) is 12.5. The van der Waals surface area contributed by atoms with E-state index in [0.717, 1.165) is 23.8 Å². The molecule has 1 aliphatic heterocycles. The maximum atomic E-state index is 6.35. The highest BCUT2D eigenvalue weighted by molar-refractivity contribution is 6.33. The van der Waals surface area contributed by atoms with E-state index in [2.05, 4.69) is 28.9 Å². The number of hydrogen-bond donors (Lipinski definition) is 1. The molecule has 0 bridgehead atoms. The van der Waals surface area contributed by atoms with Crippen LogP contribution in [0.2, 0.25) is 5.02 Å². The SMILES string of the molecule is CN1CCC(CN(C)c2nccc(CN)c2Cl)CC1. The summed E-state index contributed by atoms with van der Waals surface area (Å²) in [6, 6.07) is 1.88. The number of pyridine rings is 1. The van der Waals surface area contributed by atoms with E-state index in [9.17, 15) is 0 Å². The van der Waals surface area contributed by atoms with Gasteiger partial charge in [-0.1, -0.05) is 11.6 Å². The lowest BCUT2D eigenvalue weighted by Crippen LogP contribution is -2.36. The number of likely N-dealkylation sites (tertiary alicyclic amines) is 1. The number of anilines is 1. The largest absolute Gasteiger partial charge is 0.358 e. The number of halogens is 1. The Morgan fingerprint density at radius 1 is 1.47 bits per heavy atom. The molecule has 1 aromatic heterocycles. The smallest absolute Gasteiger partial charge is 0.147 e.